The second-order valence-electron chi connectivity index (χ2n) is 26.2. The Labute approximate surface area is 634 Å². The zero-order chi connectivity index (χ0) is 80.5. The highest BCUT2D eigenvalue weighted by Crippen LogP contribution is 2.42. The number of carbonyl (C=O) groups is 9. The van der Waals surface area contributed by atoms with E-state index in [2.05, 4.69) is 0 Å². The summed E-state index contributed by atoms with van der Waals surface area (Å²) >= 11 is 0. The fourth-order valence-electron chi connectivity index (χ4n) is 14.6. The third-order valence-electron chi connectivity index (χ3n) is 19.1. The maximum atomic E-state index is 14.5. The minimum absolute atomic E-state index is 0.0398. The molecule has 8 rings (SSSR count). The molecule has 0 N–H and O–H groups in total. The van der Waals surface area contributed by atoms with Gasteiger partial charge in [-0.3, -0.25) is 48.1 Å². The predicted molar refractivity (Wildman–Crippen MR) is 358 cm³/mol. The van der Waals surface area contributed by atoms with E-state index in [0.29, 0.717) is 0 Å². The first-order valence-corrected chi connectivity index (χ1v) is 35.1. The van der Waals surface area contributed by atoms with Crippen LogP contribution in [0.2, 0.25) is 0 Å². The number of methoxy groups -OCH3 is 12. The van der Waals surface area contributed by atoms with Gasteiger partial charge in [-0.2, -0.15) is 0 Å². The van der Waals surface area contributed by atoms with Gasteiger partial charge in [0.2, 0.25) is 0 Å². The molecule has 30 atom stereocenters. The molecule has 7 heterocycles. The first-order chi connectivity index (χ1) is 52.6. The summed E-state index contributed by atoms with van der Waals surface area (Å²) in [7, 11) is 17.0. The quantitative estimate of drug-likeness (QED) is 0.0444. The Hall–Kier alpha value is -6.27. The molecule has 0 aromatic heterocycles. The van der Waals surface area contributed by atoms with Gasteiger partial charge in [0.15, 0.2) is 68.3 Å². The first kappa shape index (κ1) is 89.3. The van der Waals surface area contributed by atoms with Crippen molar-refractivity contribution in [1.82, 2.24) is 4.90 Å². The standard InChI is InChI=1S/C70H103NO39/c1-30(72)93-28-43-49(95-32(3)74)55(96-33(4)75)61(98-35(6)77)70(104-43)110-50-44(29-94-31(2)73)105-69(62(99-36(7)78)56(50)97-34(5)76)106-45-39(24-71-63(79)37-22-20-21-23-38(37)64(71)80)100-66(58(89-16)51(45)84-11)107-47-41(26-82-9)102-68(59(90-17)53(47)86-13)109-48-42(27-83-10)103-67(60(91-18)54(48)87-14)108-46-40(25-81-8)101-65(92-19)57(88-15)52(46)85-12/h20-23,39-62,65-70H,24-29H2,1-19H3/t39?,40-,41?,42-,43?,44?,45+,46+,47+,48+,49+,50+,51+,52?,53-,54?,55?,56?,57?,58?,59?,60?,61?,62?,65+,66-,67+,68-,69-,70+/m0/s1. The molecule has 6 fully saturated rings. The highest BCUT2D eigenvalue weighted by atomic mass is 16.8. The van der Waals surface area contributed by atoms with Crippen molar-refractivity contribution in [2.24, 2.45) is 0 Å². The number of ether oxygens (including phenoxy) is 30. The molecule has 14 unspecified atom stereocenters. The van der Waals surface area contributed by atoms with Gasteiger partial charge in [0.05, 0.1) is 37.5 Å². The van der Waals surface area contributed by atoms with Crippen LogP contribution in [-0.4, -0.2) is 368 Å². The van der Waals surface area contributed by atoms with Gasteiger partial charge < -0.3 is 142 Å². The Bertz CT molecular complexity index is 3170. The Morgan fingerprint density at radius 2 is 0.527 bits per heavy atom. The summed E-state index contributed by atoms with van der Waals surface area (Å²) in [5, 5.41) is 0. The second kappa shape index (κ2) is 41.7. The van der Waals surface area contributed by atoms with E-state index in [-0.39, 0.29) is 30.9 Å². The number of esters is 7. The van der Waals surface area contributed by atoms with Crippen LogP contribution >= 0.6 is 0 Å². The summed E-state index contributed by atoms with van der Waals surface area (Å²) in [5.41, 5.74) is 0.0797. The summed E-state index contributed by atoms with van der Waals surface area (Å²) < 4.78 is 185. The van der Waals surface area contributed by atoms with Gasteiger partial charge in [0.1, 0.15) is 129 Å². The number of benzene rings is 1. The van der Waals surface area contributed by atoms with Crippen LogP contribution in [0.3, 0.4) is 0 Å². The molecular formula is C70H103NO39. The maximum Gasteiger partial charge on any atom is 0.303 e. The summed E-state index contributed by atoms with van der Waals surface area (Å²) in [5.74, 6) is -8.32. The fourth-order valence-corrected chi connectivity index (χ4v) is 14.6. The lowest BCUT2D eigenvalue weighted by Crippen LogP contribution is -2.70. The van der Waals surface area contributed by atoms with Gasteiger partial charge in [0, 0.05) is 134 Å². The molecule has 0 saturated carbocycles. The molecule has 0 bridgehead atoms. The molecule has 0 spiro atoms. The highest BCUT2D eigenvalue weighted by Gasteiger charge is 2.62. The average Bonchev–Trinajstić information content (AvgIpc) is 1.13. The van der Waals surface area contributed by atoms with E-state index in [9.17, 15) is 43.2 Å². The molecule has 0 aliphatic carbocycles. The fraction of sp³-hybridized carbons (Fsp3) is 0.786. The molecule has 622 valence electrons. The van der Waals surface area contributed by atoms with Crippen molar-refractivity contribution in [2.45, 2.75) is 233 Å². The average molecular weight is 1580 g/mol. The Morgan fingerprint density at radius 1 is 0.282 bits per heavy atom. The summed E-state index contributed by atoms with van der Waals surface area (Å²) in [6, 6.07) is 6.04. The Balaban J connectivity index is 1.16. The van der Waals surface area contributed by atoms with E-state index in [1.165, 1.54) is 97.5 Å². The minimum atomic E-state index is -2.04. The van der Waals surface area contributed by atoms with Crippen LogP contribution in [0.1, 0.15) is 69.2 Å². The van der Waals surface area contributed by atoms with E-state index in [1.807, 2.05) is 0 Å². The van der Waals surface area contributed by atoms with Gasteiger partial charge in [-0.25, -0.2) is 0 Å². The van der Waals surface area contributed by atoms with Crippen LogP contribution in [0.5, 0.6) is 0 Å². The van der Waals surface area contributed by atoms with Crippen LogP contribution in [-0.2, 0) is 176 Å². The predicted octanol–water partition coefficient (Wildman–Crippen LogP) is -0.952. The van der Waals surface area contributed by atoms with Crippen molar-refractivity contribution < 1.29 is 185 Å². The third-order valence-corrected chi connectivity index (χ3v) is 19.1. The number of imide groups is 1. The Morgan fingerprint density at radius 3 is 0.827 bits per heavy atom. The Kier molecular flexibility index (Phi) is 33.8. The number of hydrogen-bond donors (Lipinski definition) is 0. The molecule has 2 amide bonds. The normalized spacial score (nSPS) is 37.2. The summed E-state index contributed by atoms with van der Waals surface area (Å²) in [6.45, 7) is 4.59. The SMILES string of the molecule is COCC1O[C@@H](O[C@H]2C(OC)C(OC)[C@@H](O[C@H]3C(OC)C(OC)[C@H](OC)O[C@H]3COC)O[C@H]2COC)C(OC)[C@@H](OC)[C@@H]1O[C@@H]1OC(CN2C(=O)c3ccccc3C2=O)[C@@H](O[C@@H]2OC(COC(C)=O)[C@@H](O[C@H]3OC(COC(C)=O)[C@@H](OC(C)=O)C(OC(C)=O)C3OC(C)=O)C(OC(C)=O)C2OC(C)=O)[C@@H](OC)C1OC. The van der Waals surface area contributed by atoms with Crippen LogP contribution in [0, 0.1) is 0 Å². The van der Waals surface area contributed by atoms with Crippen LogP contribution in [0.4, 0.5) is 0 Å². The van der Waals surface area contributed by atoms with Crippen molar-refractivity contribution in [2.75, 3.05) is 125 Å². The molecule has 1 aromatic rings. The van der Waals surface area contributed by atoms with Crippen molar-refractivity contribution in [1.29, 1.82) is 0 Å². The summed E-state index contributed by atoms with van der Waals surface area (Å²) in [4.78, 5) is 121. The van der Waals surface area contributed by atoms with Gasteiger partial charge in [-0.15, -0.1) is 0 Å². The van der Waals surface area contributed by atoms with Crippen LogP contribution in [0.25, 0.3) is 0 Å². The van der Waals surface area contributed by atoms with Gasteiger partial charge in [-0.1, -0.05) is 12.1 Å². The van der Waals surface area contributed by atoms with E-state index < -0.39 is 258 Å². The molecule has 110 heavy (non-hydrogen) atoms. The van der Waals surface area contributed by atoms with Gasteiger partial charge in [0.25, 0.3) is 11.8 Å². The van der Waals surface area contributed by atoms with Crippen molar-refractivity contribution in [3.05, 3.63) is 35.4 Å². The second-order valence-corrected chi connectivity index (χ2v) is 26.2. The summed E-state index contributed by atoms with van der Waals surface area (Å²) in [6.07, 6.45) is -42.3. The van der Waals surface area contributed by atoms with Crippen LogP contribution < -0.4 is 0 Å². The first-order valence-electron chi connectivity index (χ1n) is 35.1. The zero-order valence-corrected chi connectivity index (χ0v) is 64.7. The minimum Gasteiger partial charge on any atom is -0.463 e. The van der Waals surface area contributed by atoms with E-state index in [0.717, 1.165) is 53.4 Å². The van der Waals surface area contributed by atoms with Gasteiger partial charge in [-0.05, 0) is 12.1 Å². The largest absolute Gasteiger partial charge is 0.463 e. The van der Waals surface area contributed by atoms with Crippen molar-refractivity contribution in [3.8, 4) is 0 Å². The molecule has 40 nitrogen and oxygen atoms in total. The number of fused-ring (bicyclic) bond motifs is 1. The van der Waals surface area contributed by atoms with Crippen molar-refractivity contribution >= 4 is 53.6 Å². The lowest BCUT2D eigenvalue weighted by molar-refractivity contribution is -0.400. The lowest BCUT2D eigenvalue weighted by atomic mass is 9.94. The highest BCUT2D eigenvalue weighted by molar-refractivity contribution is 6.21. The zero-order valence-electron chi connectivity index (χ0n) is 64.7. The maximum absolute atomic E-state index is 14.5. The molecule has 7 aliphatic heterocycles. The van der Waals surface area contributed by atoms with Gasteiger partial charge >= 0.3 is 41.8 Å². The number of rotatable bonds is 36. The number of amides is 2. The smallest absolute Gasteiger partial charge is 0.303 e. The van der Waals surface area contributed by atoms with E-state index in [4.69, 9.17) is 142 Å². The van der Waals surface area contributed by atoms with Crippen LogP contribution in [0.15, 0.2) is 24.3 Å². The van der Waals surface area contributed by atoms with E-state index >= 15 is 0 Å². The van der Waals surface area contributed by atoms with Crippen molar-refractivity contribution in [3.63, 3.8) is 0 Å². The monoisotopic (exact) mass is 1580 g/mol. The lowest BCUT2D eigenvalue weighted by Gasteiger charge is -2.52. The molecule has 1 aromatic carbocycles. The third kappa shape index (κ3) is 21.0. The number of nitrogens with zero attached hydrogens (tertiary/aromatic N) is 1. The molecule has 0 radical (unpaired) electrons. The molecule has 7 aliphatic rings. The number of hydrogen-bond acceptors (Lipinski definition) is 39. The molecule has 6 saturated heterocycles. The molecular weight excluding hydrogens is 1480 g/mol. The topological polar surface area (TPSA) is 434 Å². The molecule has 40 heteroatoms. The number of carbonyl (C=O) groups excluding carboxylic acids is 9. The van der Waals surface area contributed by atoms with E-state index in [1.54, 1.807) is 12.1 Å².